The van der Waals surface area contributed by atoms with Crippen LogP contribution in [-0.4, -0.2) is 19.7 Å². The molecule has 0 aliphatic rings. The van der Waals surface area contributed by atoms with Crippen molar-refractivity contribution in [3.05, 3.63) is 41.8 Å². The number of imidazole rings is 1. The number of rotatable bonds is 3. The number of hydrogen-bond acceptors (Lipinski definition) is 4. The summed E-state index contributed by atoms with van der Waals surface area (Å²) < 4.78 is 45.6. The SMILES string of the molecule is CC(C)c1nc(Cn2c(C(F)(F)F)nc3ccccc32)no1. The largest absolute Gasteiger partial charge is 0.449 e. The van der Waals surface area contributed by atoms with Crippen molar-refractivity contribution in [1.29, 1.82) is 0 Å². The van der Waals surface area contributed by atoms with Crippen molar-refractivity contribution in [3.8, 4) is 0 Å². The van der Waals surface area contributed by atoms with Gasteiger partial charge in [0.1, 0.15) is 0 Å². The fourth-order valence-electron chi connectivity index (χ4n) is 2.16. The van der Waals surface area contributed by atoms with Crippen LogP contribution in [0, 0.1) is 0 Å². The minimum atomic E-state index is -4.55. The lowest BCUT2D eigenvalue weighted by atomic mass is 10.2. The first kappa shape index (κ1) is 14.6. The Hall–Kier alpha value is -2.38. The lowest BCUT2D eigenvalue weighted by Crippen LogP contribution is -2.16. The number of alkyl halides is 3. The maximum absolute atomic E-state index is 13.2. The van der Waals surface area contributed by atoms with Gasteiger partial charge in [0.05, 0.1) is 17.6 Å². The van der Waals surface area contributed by atoms with Gasteiger partial charge in [0.2, 0.25) is 11.7 Å². The second kappa shape index (κ2) is 5.11. The molecule has 0 N–H and O–H groups in total. The van der Waals surface area contributed by atoms with E-state index in [1.807, 2.05) is 13.8 Å². The van der Waals surface area contributed by atoms with Gasteiger partial charge in [-0.05, 0) is 12.1 Å². The number of nitrogens with zero attached hydrogens (tertiary/aromatic N) is 4. The molecule has 0 aliphatic heterocycles. The van der Waals surface area contributed by atoms with Gasteiger partial charge in [-0.1, -0.05) is 31.1 Å². The zero-order valence-corrected chi connectivity index (χ0v) is 11.9. The molecular weight excluding hydrogens is 297 g/mol. The van der Waals surface area contributed by atoms with E-state index in [1.54, 1.807) is 18.2 Å². The third-order valence-corrected chi connectivity index (χ3v) is 3.19. The van der Waals surface area contributed by atoms with E-state index in [0.29, 0.717) is 11.4 Å². The van der Waals surface area contributed by atoms with Crippen molar-refractivity contribution in [1.82, 2.24) is 19.7 Å². The molecule has 0 aliphatic carbocycles. The van der Waals surface area contributed by atoms with Gasteiger partial charge in [-0.3, -0.25) is 0 Å². The van der Waals surface area contributed by atoms with Crippen molar-refractivity contribution >= 4 is 11.0 Å². The molecule has 0 radical (unpaired) electrons. The minimum Gasteiger partial charge on any atom is -0.339 e. The molecule has 2 aromatic heterocycles. The summed E-state index contributed by atoms with van der Waals surface area (Å²) in [5.74, 6) is -0.363. The number of benzene rings is 1. The molecule has 3 rings (SSSR count). The van der Waals surface area contributed by atoms with Gasteiger partial charge in [0.15, 0.2) is 5.82 Å². The van der Waals surface area contributed by atoms with E-state index in [4.69, 9.17) is 4.52 Å². The molecule has 3 aromatic rings. The first-order valence-electron chi connectivity index (χ1n) is 6.71. The van der Waals surface area contributed by atoms with Crippen LogP contribution < -0.4 is 0 Å². The second-order valence-electron chi connectivity index (χ2n) is 5.21. The molecule has 5 nitrogen and oxygen atoms in total. The van der Waals surface area contributed by atoms with Gasteiger partial charge in [-0.2, -0.15) is 18.2 Å². The number of aromatic nitrogens is 4. The Labute approximate surface area is 123 Å². The van der Waals surface area contributed by atoms with Gasteiger partial charge < -0.3 is 9.09 Å². The van der Waals surface area contributed by atoms with Gasteiger partial charge in [-0.15, -0.1) is 0 Å². The molecule has 0 saturated heterocycles. The third-order valence-electron chi connectivity index (χ3n) is 3.19. The van der Waals surface area contributed by atoms with Gasteiger partial charge >= 0.3 is 6.18 Å². The van der Waals surface area contributed by atoms with Crippen LogP contribution in [0.4, 0.5) is 13.2 Å². The monoisotopic (exact) mass is 310 g/mol. The van der Waals surface area contributed by atoms with E-state index in [-0.39, 0.29) is 23.8 Å². The number of halogens is 3. The van der Waals surface area contributed by atoms with Crippen LogP contribution in [0.5, 0.6) is 0 Å². The maximum atomic E-state index is 13.2. The summed E-state index contributed by atoms with van der Waals surface area (Å²) in [7, 11) is 0. The molecule has 0 amide bonds. The molecule has 22 heavy (non-hydrogen) atoms. The second-order valence-corrected chi connectivity index (χ2v) is 5.21. The van der Waals surface area contributed by atoms with E-state index < -0.39 is 12.0 Å². The summed E-state index contributed by atoms with van der Waals surface area (Å²) in [6.45, 7) is 3.58. The molecule has 116 valence electrons. The highest BCUT2D eigenvalue weighted by Crippen LogP contribution is 2.31. The smallest absolute Gasteiger partial charge is 0.339 e. The molecule has 0 fully saturated rings. The summed E-state index contributed by atoms with van der Waals surface area (Å²) in [6.07, 6.45) is -4.55. The third kappa shape index (κ3) is 2.56. The lowest BCUT2D eigenvalue weighted by Gasteiger charge is -2.09. The van der Waals surface area contributed by atoms with Crippen molar-refractivity contribution < 1.29 is 17.7 Å². The molecule has 0 spiro atoms. The summed E-state index contributed by atoms with van der Waals surface area (Å²) in [4.78, 5) is 7.79. The Kier molecular flexibility index (Phi) is 3.38. The van der Waals surface area contributed by atoms with Crippen molar-refractivity contribution in [2.75, 3.05) is 0 Å². The standard InChI is InChI=1S/C14H13F3N4O/c1-8(2)12-19-11(20-22-12)7-21-10-6-4-3-5-9(10)18-13(21)14(15,16)17/h3-6,8H,7H2,1-2H3. The van der Waals surface area contributed by atoms with Crippen LogP contribution in [-0.2, 0) is 12.7 Å². The van der Waals surface area contributed by atoms with Crippen molar-refractivity contribution in [3.63, 3.8) is 0 Å². The molecular formula is C14H13F3N4O. The predicted molar refractivity (Wildman–Crippen MR) is 72.2 cm³/mol. The van der Waals surface area contributed by atoms with Crippen LogP contribution in [0.25, 0.3) is 11.0 Å². The zero-order valence-electron chi connectivity index (χ0n) is 11.9. The van der Waals surface area contributed by atoms with Crippen LogP contribution in [0.1, 0.15) is 37.3 Å². The first-order chi connectivity index (χ1) is 10.4. The molecule has 0 atom stereocenters. The van der Waals surface area contributed by atoms with Crippen molar-refractivity contribution in [2.45, 2.75) is 32.5 Å². The molecule has 1 aromatic carbocycles. The summed E-state index contributed by atoms with van der Waals surface area (Å²) in [5.41, 5.74) is 0.660. The molecule has 0 unspecified atom stereocenters. The van der Waals surface area contributed by atoms with Crippen LogP contribution >= 0.6 is 0 Å². The number of para-hydroxylation sites is 2. The first-order valence-corrected chi connectivity index (χ1v) is 6.71. The van der Waals surface area contributed by atoms with Crippen molar-refractivity contribution in [2.24, 2.45) is 0 Å². The quantitative estimate of drug-likeness (QED) is 0.741. The van der Waals surface area contributed by atoms with Gasteiger partial charge in [0.25, 0.3) is 0 Å². The molecule has 2 heterocycles. The van der Waals surface area contributed by atoms with Gasteiger partial charge in [0, 0.05) is 5.92 Å². The van der Waals surface area contributed by atoms with E-state index >= 15 is 0 Å². The summed E-state index contributed by atoms with van der Waals surface area (Å²) >= 11 is 0. The summed E-state index contributed by atoms with van der Waals surface area (Å²) in [5, 5.41) is 3.74. The highest BCUT2D eigenvalue weighted by atomic mass is 19.4. The maximum Gasteiger partial charge on any atom is 0.449 e. The van der Waals surface area contributed by atoms with Gasteiger partial charge in [-0.25, -0.2) is 4.98 Å². The fraction of sp³-hybridized carbons (Fsp3) is 0.357. The van der Waals surface area contributed by atoms with Crippen LogP contribution in [0.2, 0.25) is 0 Å². The van der Waals surface area contributed by atoms with E-state index in [2.05, 4.69) is 15.1 Å². The van der Waals surface area contributed by atoms with E-state index in [1.165, 1.54) is 6.07 Å². The average Bonchev–Trinajstić information content (AvgIpc) is 3.04. The van der Waals surface area contributed by atoms with E-state index in [0.717, 1.165) is 4.57 Å². The lowest BCUT2D eigenvalue weighted by molar-refractivity contribution is -0.146. The highest BCUT2D eigenvalue weighted by Gasteiger charge is 2.37. The summed E-state index contributed by atoms with van der Waals surface area (Å²) in [6, 6.07) is 6.43. The van der Waals surface area contributed by atoms with Crippen LogP contribution in [0.15, 0.2) is 28.8 Å². The zero-order chi connectivity index (χ0) is 15.9. The Morgan fingerprint density at radius 1 is 1.18 bits per heavy atom. The Bertz CT molecular complexity index is 804. The predicted octanol–water partition coefficient (Wildman–Crippen LogP) is 3.61. The number of hydrogen-bond donors (Lipinski definition) is 0. The van der Waals surface area contributed by atoms with Crippen LogP contribution in [0.3, 0.4) is 0 Å². The normalized spacial score (nSPS) is 12.5. The molecule has 8 heteroatoms. The molecule has 0 saturated carbocycles. The molecule has 0 bridgehead atoms. The minimum absolute atomic E-state index is 0.0165. The van der Waals surface area contributed by atoms with E-state index in [9.17, 15) is 13.2 Å². The Morgan fingerprint density at radius 3 is 2.55 bits per heavy atom. The fourth-order valence-corrected chi connectivity index (χ4v) is 2.16. The topological polar surface area (TPSA) is 56.7 Å². The Morgan fingerprint density at radius 2 is 1.91 bits per heavy atom. The number of fused-ring (bicyclic) bond motifs is 1. The highest BCUT2D eigenvalue weighted by molar-refractivity contribution is 5.76. The Balaban J connectivity index is 2.08. The average molecular weight is 310 g/mol.